The molecule has 0 aliphatic heterocycles. The highest BCUT2D eigenvalue weighted by atomic mass is 32.2. The summed E-state index contributed by atoms with van der Waals surface area (Å²) in [5.74, 6) is -1.25. The number of carboxylic acids is 1. The lowest BCUT2D eigenvalue weighted by Crippen LogP contribution is -2.26. The summed E-state index contributed by atoms with van der Waals surface area (Å²) in [4.78, 5) is 13.3. The number of aromatic carboxylic acids is 1. The van der Waals surface area contributed by atoms with E-state index in [9.17, 15) is 13.2 Å². The molecule has 0 amide bonds. The van der Waals surface area contributed by atoms with Crippen LogP contribution in [0.25, 0.3) is 0 Å². The third-order valence-electron chi connectivity index (χ3n) is 1.30. The van der Waals surface area contributed by atoms with Crippen molar-refractivity contribution < 1.29 is 18.3 Å². The third-order valence-corrected chi connectivity index (χ3v) is 1.81. The first-order valence-corrected chi connectivity index (χ1v) is 5.46. The van der Waals surface area contributed by atoms with Gasteiger partial charge in [0.25, 0.3) is 0 Å². The fourth-order valence-corrected chi connectivity index (χ4v) is 1.33. The molecule has 1 rings (SSSR count). The monoisotopic (exact) mass is 219 g/mol. The molecule has 7 nitrogen and oxygen atoms in total. The van der Waals surface area contributed by atoms with Gasteiger partial charge in [-0.15, -0.1) is 0 Å². The second-order valence-electron chi connectivity index (χ2n) is 2.75. The van der Waals surface area contributed by atoms with Crippen LogP contribution in [-0.4, -0.2) is 35.6 Å². The lowest BCUT2D eigenvalue weighted by molar-refractivity contribution is 0.0686. The molecule has 78 valence electrons. The molecule has 2 N–H and O–H groups in total. The number of nitrogens with one attached hydrogen (secondary N) is 1. The van der Waals surface area contributed by atoms with E-state index in [1.165, 1.54) is 6.07 Å². The standard InChI is InChI=1S/C6H9N3O4S/c1-4-3-5(6(10)11)9(7-4)8-14(2,12)13/h3,8H,1-2H3,(H,10,11). The van der Waals surface area contributed by atoms with Gasteiger partial charge in [-0.2, -0.15) is 9.89 Å². The molecule has 0 bridgehead atoms. The van der Waals surface area contributed by atoms with Crippen molar-refractivity contribution in [2.45, 2.75) is 6.92 Å². The van der Waals surface area contributed by atoms with Crippen LogP contribution in [0.5, 0.6) is 0 Å². The van der Waals surface area contributed by atoms with E-state index in [0.29, 0.717) is 10.5 Å². The summed E-state index contributed by atoms with van der Waals surface area (Å²) in [5, 5.41) is 12.3. The maximum absolute atomic E-state index is 10.8. The number of carboxylic acid groups (broad SMARTS) is 1. The second-order valence-corrected chi connectivity index (χ2v) is 4.48. The Kier molecular flexibility index (Phi) is 2.47. The molecule has 0 spiro atoms. The van der Waals surface area contributed by atoms with Crippen LogP contribution in [-0.2, 0) is 10.0 Å². The van der Waals surface area contributed by atoms with Crippen LogP contribution in [0, 0.1) is 6.92 Å². The van der Waals surface area contributed by atoms with E-state index < -0.39 is 16.0 Å². The van der Waals surface area contributed by atoms with Crippen LogP contribution in [0.15, 0.2) is 6.07 Å². The Morgan fingerprint density at radius 3 is 2.64 bits per heavy atom. The van der Waals surface area contributed by atoms with Crippen molar-refractivity contribution in [3.05, 3.63) is 17.5 Å². The molecule has 0 saturated heterocycles. The van der Waals surface area contributed by atoms with Crippen LogP contribution in [0.1, 0.15) is 16.2 Å². The summed E-state index contributed by atoms with van der Waals surface area (Å²) in [6.45, 7) is 1.56. The van der Waals surface area contributed by atoms with Crippen molar-refractivity contribution in [1.82, 2.24) is 9.89 Å². The highest BCUT2D eigenvalue weighted by Gasteiger charge is 2.14. The smallest absolute Gasteiger partial charge is 0.356 e. The van der Waals surface area contributed by atoms with Gasteiger partial charge in [-0.1, -0.05) is 0 Å². The number of carbonyl (C=O) groups is 1. The van der Waals surface area contributed by atoms with Crippen LogP contribution in [0.4, 0.5) is 0 Å². The number of aromatic nitrogens is 2. The van der Waals surface area contributed by atoms with E-state index in [0.717, 1.165) is 6.26 Å². The Morgan fingerprint density at radius 1 is 1.64 bits per heavy atom. The minimum atomic E-state index is -3.53. The molecule has 8 heteroatoms. The van der Waals surface area contributed by atoms with E-state index >= 15 is 0 Å². The zero-order chi connectivity index (χ0) is 10.9. The number of sulfonamides is 1. The first kappa shape index (κ1) is 10.5. The van der Waals surface area contributed by atoms with Gasteiger partial charge in [-0.05, 0) is 13.0 Å². The second kappa shape index (κ2) is 3.29. The molecule has 1 heterocycles. The van der Waals surface area contributed by atoms with E-state index in [-0.39, 0.29) is 5.69 Å². The van der Waals surface area contributed by atoms with Gasteiger partial charge >= 0.3 is 5.97 Å². The predicted octanol–water partition coefficient (Wildman–Crippen LogP) is -0.607. The van der Waals surface area contributed by atoms with E-state index in [2.05, 4.69) is 5.10 Å². The Bertz CT molecular complexity index is 461. The minimum absolute atomic E-state index is 0.229. The van der Waals surface area contributed by atoms with Gasteiger partial charge in [0.1, 0.15) is 0 Å². The van der Waals surface area contributed by atoms with Crippen molar-refractivity contribution in [3.63, 3.8) is 0 Å². The molecule has 0 aromatic carbocycles. The predicted molar refractivity (Wildman–Crippen MR) is 48.1 cm³/mol. The molecule has 1 aromatic rings. The van der Waals surface area contributed by atoms with Crippen molar-refractivity contribution >= 4 is 16.0 Å². The molecule has 0 unspecified atom stereocenters. The molecule has 0 aliphatic rings. The molecule has 0 atom stereocenters. The maximum atomic E-state index is 10.8. The molecule has 0 aliphatic carbocycles. The number of nitrogens with zero attached hydrogens (tertiary/aromatic N) is 2. The highest BCUT2D eigenvalue weighted by molar-refractivity contribution is 7.91. The first-order chi connectivity index (χ1) is 6.29. The number of rotatable bonds is 3. The van der Waals surface area contributed by atoms with Gasteiger partial charge < -0.3 is 5.11 Å². The zero-order valence-corrected chi connectivity index (χ0v) is 8.37. The molecule has 0 radical (unpaired) electrons. The van der Waals surface area contributed by atoms with E-state index in [1.54, 1.807) is 6.92 Å². The van der Waals surface area contributed by atoms with Gasteiger partial charge in [-0.3, -0.25) is 0 Å². The first-order valence-electron chi connectivity index (χ1n) is 3.57. The normalized spacial score (nSPS) is 11.3. The third kappa shape index (κ3) is 2.46. The summed E-state index contributed by atoms with van der Waals surface area (Å²) < 4.78 is 21.6. The molecule has 0 saturated carbocycles. The van der Waals surface area contributed by atoms with Crippen molar-refractivity contribution in [1.29, 1.82) is 0 Å². The quantitative estimate of drug-likeness (QED) is 0.706. The zero-order valence-electron chi connectivity index (χ0n) is 7.55. The van der Waals surface area contributed by atoms with Crippen molar-refractivity contribution in [3.8, 4) is 0 Å². The summed E-state index contributed by atoms with van der Waals surface area (Å²) in [6.07, 6.45) is 0.912. The summed E-state index contributed by atoms with van der Waals surface area (Å²) >= 11 is 0. The lowest BCUT2D eigenvalue weighted by Gasteiger charge is -2.04. The van der Waals surface area contributed by atoms with Gasteiger partial charge in [0, 0.05) is 0 Å². The Balaban J connectivity index is 3.14. The van der Waals surface area contributed by atoms with E-state index in [1.807, 2.05) is 4.83 Å². The Labute approximate surface area is 80.4 Å². The number of hydrogen-bond acceptors (Lipinski definition) is 4. The molecular weight excluding hydrogens is 210 g/mol. The van der Waals surface area contributed by atoms with E-state index in [4.69, 9.17) is 5.11 Å². The van der Waals surface area contributed by atoms with Gasteiger partial charge in [-0.25, -0.2) is 18.0 Å². The van der Waals surface area contributed by atoms with Crippen LogP contribution < -0.4 is 4.83 Å². The fraction of sp³-hybridized carbons (Fsp3) is 0.333. The van der Waals surface area contributed by atoms with Crippen molar-refractivity contribution in [2.24, 2.45) is 0 Å². The Hall–Kier alpha value is -1.57. The summed E-state index contributed by atoms with van der Waals surface area (Å²) in [5.41, 5.74) is 0.187. The van der Waals surface area contributed by atoms with Gasteiger partial charge in [0.15, 0.2) is 5.69 Å². The molecule has 1 aromatic heterocycles. The van der Waals surface area contributed by atoms with Crippen molar-refractivity contribution in [2.75, 3.05) is 11.1 Å². The highest BCUT2D eigenvalue weighted by Crippen LogP contribution is 2.02. The summed E-state index contributed by atoms with van der Waals surface area (Å²) in [7, 11) is -3.53. The summed E-state index contributed by atoms with van der Waals surface area (Å²) in [6, 6.07) is 1.26. The number of hydrogen-bond donors (Lipinski definition) is 2. The number of aryl methyl sites for hydroxylation is 1. The minimum Gasteiger partial charge on any atom is -0.476 e. The molecule has 0 fully saturated rings. The van der Waals surface area contributed by atoms with Crippen LogP contribution >= 0.6 is 0 Å². The van der Waals surface area contributed by atoms with Crippen LogP contribution in [0.3, 0.4) is 0 Å². The Morgan fingerprint density at radius 2 is 2.21 bits per heavy atom. The SMILES string of the molecule is Cc1cc(C(=O)O)n(NS(C)(=O)=O)n1. The molecular formula is C6H9N3O4S. The maximum Gasteiger partial charge on any atom is 0.356 e. The van der Waals surface area contributed by atoms with Crippen LogP contribution in [0.2, 0.25) is 0 Å². The topological polar surface area (TPSA) is 101 Å². The molecule has 14 heavy (non-hydrogen) atoms. The van der Waals surface area contributed by atoms with Gasteiger partial charge in [0.2, 0.25) is 10.0 Å². The largest absolute Gasteiger partial charge is 0.476 e. The lowest BCUT2D eigenvalue weighted by atomic mass is 10.4. The van der Waals surface area contributed by atoms with Gasteiger partial charge in [0.05, 0.1) is 11.9 Å². The average Bonchev–Trinajstić information content (AvgIpc) is 2.27. The average molecular weight is 219 g/mol. The fourth-order valence-electron chi connectivity index (χ4n) is 0.878.